The van der Waals surface area contributed by atoms with Crippen LogP contribution in [0.15, 0.2) is 46.9 Å². The predicted octanol–water partition coefficient (Wildman–Crippen LogP) is 4.36. The Labute approximate surface area is 140 Å². The number of hydrogen-bond acceptors (Lipinski definition) is 2. The number of amides is 1. The van der Waals surface area contributed by atoms with Crippen LogP contribution in [0.5, 0.6) is 0 Å². The second-order valence-corrected chi connectivity index (χ2v) is 6.41. The molecule has 2 aromatic rings. The molecule has 0 unspecified atom stereocenters. The lowest BCUT2D eigenvalue weighted by molar-refractivity contribution is -0.120. The van der Waals surface area contributed by atoms with E-state index in [0.717, 1.165) is 15.7 Å². The highest BCUT2D eigenvalue weighted by molar-refractivity contribution is 9.10. The van der Waals surface area contributed by atoms with Gasteiger partial charge < -0.3 is 10.6 Å². The summed E-state index contributed by atoms with van der Waals surface area (Å²) in [7, 11) is 0. The zero-order valence-electron chi connectivity index (χ0n) is 13.1. The van der Waals surface area contributed by atoms with Crippen LogP contribution in [-0.2, 0) is 4.79 Å². The summed E-state index contributed by atoms with van der Waals surface area (Å²) in [5, 5.41) is 6.13. The maximum absolute atomic E-state index is 12.0. The highest BCUT2D eigenvalue weighted by atomic mass is 79.9. The van der Waals surface area contributed by atoms with E-state index in [4.69, 9.17) is 0 Å². The second kappa shape index (κ2) is 7.45. The molecule has 0 spiro atoms. The quantitative estimate of drug-likeness (QED) is 0.831. The van der Waals surface area contributed by atoms with Gasteiger partial charge in [-0.2, -0.15) is 0 Å². The van der Waals surface area contributed by atoms with Crippen molar-refractivity contribution >= 4 is 27.5 Å². The van der Waals surface area contributed by atoms with E-state index in [-0.39, 0.29) is 18.5 Å². The molecule has 0 radical (unpaired) electrons. The number of anilines is 1. The summed E-state index contributed by atoms with van der Waals surface area (Å²) in [6.07, 6.45) is 0. The van der Waals surface area contributed by atoms with Crippen molar-refractivity contribution in [2.24, 2.45) is 0 Å². The molecule has 0 aliphatic carbocycles. The Morgan fingerprint density at radius 2 is 1.77 bits per heavy atom. The summed E-state index contributed by atoms with van der Waals surface area (Å²) in [5.41, 5.74) is 4.56. The molecular weight excluding hydrogens is 340 g/mol. The van der Waals surface area contributed by atoms with Crippen molar-refractivity contribution in [2.45, 2.75) is 26.8 Å². The first-order valence-electron chi connectivity index (χ1n) is 7.31. The molecule has 2 rings (SSSR count). The van der Waals surface area contributed by atoms with E-state index in [1.165, 1.54) is 11.1 Å². The molecular formula is C18H21BrN2O. The molecule has 22 heavy (non-hydrogen) atoms. The third-order valence-corrected chi connectivity index (χ3v) is 4.23. The van der Waals surface area contributed by atoms with Crippen LogP contribution in [0.2, 0.25) is 0 Å². The van der Waals surface area contributed by atoms with Gasteiger partial charge in [-0.25, -0.2) is 0 Å². The van der Waals surface area contributed by atoms with Gasteiger partial charge in [0, 0.05) is 10.2 Å². The Kier molecular flexibility index (Phi) is 5.61. The zero-order valence-corrected chi connectivity index (χ0v) is 14.7. The van der Waals surface area contributed by atoms with Gasteiger partial charge in [0.25, 0.3) is 0 Å². The van der Waals surface area contributed by atoms with Crippen molar-refractivity contribution in [1.29, 1.82) is 0 Å². The summed E-state index contributed by atoms with van der Waals surface area (Å²) < 4.78 is 1.02. The number of rotatable bonds is 5. The molecule has 0 bridgehead atoms. The summed E-state index contributed by atoms with van der Waals surface area (Å²) in [6, 6.07) is 14.0. The summed E-state index contributed by atoms with van der Waals surface area (Å²) in [5.74, 6) is -0.0198. The SMILES string of the molecule is Cc1ccc([C@@H](C)NC(=O)CNc2ccc(Br)cc2)cc1C. The number of aryl methyl sites for hydroxylation is 2. The monoisotopic (exact) mass is 360 g/mol. The van der Waals surface area contributed by atoms with E-state index in [1.807, 2.05) is 31.2 Å². The number of nitrogens with one attached hydrogen (secondary N) is 2. The molecule has 1 amide bonds. The normalized spacial score (nSPS) is 11.8. The lowest BCUT2D eigenvalue weighted by atomic mass is 10.0. The van der Waals surface area contributed by atoms with E-state index in [1.54, 1.807) is 0 Å². The Balaban J connectivity index is 1.88. The Morgan fingerprint density at radius 1 is 1.09 bits per heavy atom. The van der Waals surface area contributed by atoms with Gasteiger partial charge >= 0.3 is 0 Å². The van der Waals surface area contributed by atoms with Gasteiger partial charge in [0.05, 0.1) is 12.6 Å². The number of hydrogen-bond donors (Lipinski definition) is 2. The highest BCUT2D eigenvalue weighted by Crippen LogP contribution is 2.17. The highest BCUT2D eigenvalue weighted by Gasteiger charge is 2.10. The van der Waals surface area contributed by atoms with Gasteiger partial charge in [0.1, 0.15) is 0 Å². The average Bonchev–Trinajstić information content (AvgIpc) is 2.49. The van der Waals surface area contributed by atoms with E-state index in [2.05, 4.69) is 58.6 Å². The molecule has 0 aliphatic heterocycles. The lowest BCUT2D eigenvalue weighted by Gasteiger charge is -2.16. The fourth-order valence-corrected chi connectivity index (χ4v) is 2.42. The van der Waals surface area contributed by atoms with E-state index < -0.39 is 0 Å². The summed E-state index contributed by atoms with van der Waals surface area (Å²) >= 11 is 3.39. The van der Waals surface area contributed by atoms with Crippen LogP contribution >= 0.6 is 15.9 Å². The maximum atomic E-state index is 12.0. The maximum Gasteiger partial charge on any atom is 0.239 e. The van der Waals surface area contributed by atoms with E-state index >= 15 is 0 Å². The fraction of sp³-hybridized carbons (Fsp3) is 0.278. The molecule has 0 fully saturated rings. The van der Waals surface area contributed by atoms with Crippen molar-refractivity contribution in [3.63, 3.8) is 0 Å². The minimum Gasteiger partial charge on any atom is -0.376 e. The molecule has 2 aromatic carbocycles. The third-order valence-electron chi connectivity index (χ3n) is 3.71. The van der Waals surface area contributed by atoms with Crippen LogP contribution in [-0.4, -0.2) is 12.5 Å². The summed E-state index contributed by atoms with van der Waals surface area (Å²) in [4.78, 5) is 12.0. The zero-order chi connectivity index (χ0) is 16.1. The minimum absolute atomic E-state index is 0.00137. The van der Waals surface area contributed by atoms with Gasteiger partial charge in [0.15, 0.2) is 0 Å². The van der Waals surface area contributed by atoms with E-state index in [0.29, 0.717) is 0 Å². The molecule has 0 heterocycles. The first kappa shape index (κ1) is 16.6. The number of carbonyl (C=O) groups excluding carboxylic acids is 1. The number of halogens is 1. The number of benzene rings is 2. The standard InChI is InChI=1S/C18H21BrN2O/c1-12-4-5-15(10-13(12)2)14(3)21-18(22)11-20-17-8-6-16(19)7-9-17/h4-10,14,20H,11H2,1-3H3,(H,21,22)/t14-/m1/s1. The van der Waals surface area contributed by atoms with Gasteiger partial charge in [-0.05, 0) is 61.7 Å². The topological polar surface area (TPSA) is 41.1 Å². The van der Waals surface area contributed by atoms with Crippen LogP contribution < -0.4 is 10.6 Å². The lowest BCUT2D eigenvalue weighted by Crippen LogP contribution is -2.32. The smallest absolute Gasteiger partial charge is 0.239 e. The molecule has 0 saturated heterocycles. The van der Waals surface area contributed by atoms with Crippen LogP contribution in [0.4, 0.5) is 5.69 Å². The number of carbonyl (C=O) groups is 1. The van der Waals surface area contributed by atoms with Gasteiger partial charge in [-0.15, -0.1) is 0 Å². The van der Waals surface area contributed by atoms with E-state index in [9.17, 15) is 4.79 Å². The van der Waals surface area contributed by atoms with Crippen LogP contribution in [0.25, 0.3) is 0 Å². The largest absolute Gasteiger partial charge is 0.376 e. The Morgan fingerprint density at radius 3 is 2.41 bits per heavy atom. The average molecular weight is 361 g/mol. The fourth-order valence-electron chi connectivity index (χ4n) is 2.16. The second-order valence-electron chi connectivity index (χ2n) is 5.49. The molecule has 3 nitrogen and oxygen atoms in total. The van der Waals surface area contributed by atoms with Gasteiger partial charge in [0.2, 0.25) is 5.91 Å². The molecule has 1 atom stereocenters. The van der Waals surface area contributed by atoms with Gasteiger partial charge in [-0.3, -0.25) is 4.79 Å². The predicted molar refractivity (Wildman–Crippen MR) is 95.1 cm³/mol. The molecule has 116 valence electrons. The van der Waals surface area contributed by atoms with Crippen LogP contribution in [0.1, 0.15) is 29.7 Å². The van der Waals surface area contributed by atoms with Crippen molar-refractivity contribution < 1.29 is 4.79 Å². The van der Waals surface area contributed by atoms with Crippen LogP contribution in [0.3, 0.4) is 0 Å². The molecule has 2 N–H and O–H groups in total. The first-order chi connectivity index (χ1) is 10.5. The van der Waals surface area contributed by atoms with Crippen molar-refractivity contribution in [3.8, 4) is 0 Å². The molecule has 0 saturated carbocycles. The summed E-state index contributed by atoms with van der Waals surface area (Å²) in [6.45, 7) is 6.44. The first-order valence-corrected chi connectivity index (χ1v) is 8.11. The third kappa shape index (κ3) is 4.60. The van der Waals surface area contributed by atoms with Crippen LogP contribution in [0, 0.1) is 13.8 Å². The molecule has 0 aromatic heterocycles. The van der Waals surface area contributed by atoms with Crippen molar-refractivity contribution in [3.05, 3.63) is 63.6 Å². The minimum atomic E-state index is -0.0198. The van der Waals surface area contributed by atoms with Gasteiger partial charge in [-0.1, -0.05) is 34.1 Å². The molecule has 4 heteroatoms. The Bertz CT molecular complexity index is 653. The molecule has 0 aliphatic rings. The van der Waals surface area contributed by atoms with Crippen molar-refractivity contribution in [1.82, 2.24) is 5.32 Å². The van der Waals surface area contributed by atoms with Crippen molar-refractivity contribution in [2.75, 3.05) is 11.9 Å². The Hall–Kier alpha value is -1.81.